The Balaban J connectivity index is 1.65. The van der Waals surface area contributed by atoms with Gasteiger partial charge in [-0.3, -0.25) is 5.10 Å². The van der Waals surface area contributed by atoms with E-state index in [1.54, 1.807) is 18.2 Å². The third-order valence-corrected chi connectivity index (χ3v) is 5.23. The Labute approximate surface area is 170 Å². The molecule has 0 unspecified atom stereocenters. The molecule has 0 spiro atoms. The van der Waals surface area contributed by atoms with E-state index in [0.717, 1.165) is 33.7 Å². The van der Waals surface area contributed by atoms with Crippen LogP contribution in [-0.2, 0) is 4.79 Å². The first-order valence-corrected chi connectivity index (χ1v) is 9.58. The molecule has 7 heteroatoms. The first-order valence-electron chi connectivity index (χ1n) is 8.39. The lowest BCUT2D eigenvalue weighted by molar-refractivity contribution is -0.131. The maximum atomic E-state index is 11.8. The topological polar surface area (TPSA) is 78.9 Å². The lowest BCUT2D eigenvalue weighted by atomic mass is 10.0. The number of H-pyrrole nitrogens is 1. The molecule has 3 aromatic carbocycles. The normalized spacial score (nSPS) is 11.7. The average Bonchev–Trinajstić information content (AvgIpc) is 3.17. The molecule has 0 saturated heterocycles. The van der Waals surface area contributed by atoms with E-state index >= 15 is 0 Å². The predicted molar refractivity (Wildman–Crippen MR) is 112 cm³/mol. The van der Waals surface area contributed by atoms with Gasteiger partial charge in [-0.25, -0.2) is 9.78 Å². The van der Waals surface area contributed by atoms with E-state index in [9.17, 15) is 9.90 Å². The highest BCUT2D eigenvalue weighted by molar-refractivity contribution is 8.04. The van der Waals surface area contributed by atoms with Crippen molar-refractivity contribution in [1.29, 1.82) is 0 Å². The average molecular weight is 408 g/mol. The number of nitrogens with zero attached hydrogens (tertiary/aromatic N) is 2. The third-order valence-electron chi connectivity index (χ3n) is 4.10. The summed E-state index contributed by atoms with van der Waals surface area (Å²) in [6.07, 6.45) is 1.65. The van der Waals surface area contributed by atoms with Crippen LogP contribution in [0, 0.1) is 0 Å². The SMILES string of the molecule is O=C(O)/C(=C/c1cccc2ccccc12)Sc1n[nH]c(-c2ccc(Cl)cc2)n1. The molecule has 0 aliphatic heterocycles. The number of benzene rings is 3. The molecule has 1 aromatic heterocycles. The van der Waals surface area contributed by atoms with E-state index in [0.29, 0.717) is 16.0 Å². The van der Waals surface area contributed by atoms with Crippen molar-refractivity contribution in [2.24, 2.45) is 0 Å². The summed E-state index contributed by atoms with van der Waals surface area (Å²) in [5.74, 6) is -0.482. The second-order valence-electron chi connectivity index (χ2n) is 5.96. The van der Waals surface area contributed by atoms with Crippen LogP contribution < -0.4 is 0 Å². The smallest absolute Gasteiger partial charge is 0.342 e. The fourth-order valence-electron chi connectivity index (χ4n) is 2.78. The highest BCUT2D eigenvalue weighted by atomic mass is 35.5. The number of carbonyl (C=O) groups is 1. The Bertz CT molecular complexity index is 1180. The summed E-state index contributed by atoms with van der Waals surface area (Å²) in [6.45, 7) is 0. The summed E-state index contributed by atoms with van der Waals surface area (Å²) in [6, 6.07) is 20.8. The molecule has 28 heavy (non-hydrogen) atoms. The Morgan fingerprint density at radius 1 is 1.04 bits per heavy atom. The fourth-order valence-corrected chi connectivity index (χ4v) is 3.60. The molecule has 0 fully saturated rings. The number of aliphatic carboxylic acids is 1. The van der Waals surface area contributed by atoms with Crippen LogP contribution in [0.1, 0.15) is 5.56 Å². The molecular formula is C21H14ClN3O2S. The highest BCUT2D eigenvalue weighted by Crippen LogP contribution is 2.29. The van der Waals surface area contributed by atoms with Crippen molar-refractivity contribution < 1.29 is 9.90 Å². The summed E-state index contributed by atoms with van der Waals surface area (Å²) in [4.78, 5) is 16.3. The molecule has 5 nitrogen and oxygen atoms in total. The maximum absolute atomic E-state index is 11.8. The molecule has 0 bridgehead atoms. The van der Waals surface area contributed by atoms with Gasteiger partial charge in [-0.2, -0.15) is 0 Å². The van der Waals surface area contributed by atoms with Crippen LogP contribution in [0.25, 0.3) is 28.2 Å². The monoisotopic (exact) mass is 407 g/mol. The molecule has 138 valence electrons. The molecule has 1 heterocycles. The van der Waals surface area contributed by atoms with Crippen molar-refractivity contribution in [3.05, 3.63) is 82.2 Å². The molecule has 0 aliphatic carbocycles. The van der Waals surface area contributed by atoms with Crippen molar-refractivity contribution in [1.82, 2.24) is 15.2 Å². The van der Waals surface area contributed by atoms with Crippen molar-refractivity contribution in [3.8, 4) is 11.4 Å². The van der Waals surface area contributed by atoms with Crippen LogP contribution in [0.5, 0.6) is 0 Å². The van der Waals surface area contributed by atoms with Crippen molar-refractivity contribution >= 4 is 46.2 Å². The van der Waals surface area contributed by atoms with Crippen LogP contribution >= 0.6 is 23.4 Å². The minimum Gasteiger partial charge on any atom is -0.477 e. The number of halogens is 1. The summed E-state index contributed by atoms with van der Waals surface area (Å²) in [5, 5.41) is 19.6. The molecule has 0 radical (unpaired) electrons. The molecule has 4 rings (SSSR count). The lowest BCUT2D eigenvalue weighted by Gasteiger charge is -2.04. The Kier molecular flexibility index (Phi) is 5.14. The fraction of sp³-hybridized carbons (Fsp3) is 0. The number of aromatic nitrogens is 3. The number of thioether (sulfide) groups is 1. The number of fused-ring (bicyclic) bond motifs is 1. The first kappa shape index (κ1) is 18.3. The second-order valence-corrected chi connectivity index (χ2v) is 7.40. The number of rotatable bonds is 5. The summed E-state index contributed by atoms with van der Waals surface area (Å²) < 4.78 is 0. The van der Waals surface area contributed by atoms with Gasteiger partial charge in [0.05, 0.1) is 0 Å². The first-order chi connectivity index (χ1) is 13.6. The van der Waals surface area contributed by atoms with Gasteiger partial charge in [0.15, 0.2) is 5.82 Å². The molecule has 0 aliphatic rings. The minimum atomic E-state index is -1.03. The standard InChI is InChI=1S/C21H14ClN3O2S/c22-16-10-8-14(9-11-16)19-23-21(25-24-19)28-18(20(26)27)12-15-6-3-5-13-4-1-2-7-17(13)15/h1-12H,(H,26,27)(H,23,24,25)/b18-12-. The molecule has 4 aromatic rings. The molecule has 0 saturated carbocycles. The number of hydrogen-bond acceptors (Lipinski definition) is 4. The van der Waals surface area contributed by atoms with Crippen LogP contribution in [0.4, 0.5) is 0 Å². The quantitative estimate of drug-likeness (QED) is 0.337. The number of hydrogen-bond donors (Lipinski definition) is 2. The molecule has 2 N–H and O–H groups in total. The van der Waals surface area contributed by atoms with Crippen molar-refractivity contribution in [2.75, 3.05) is 0 Å². The Hall–Kier alpha value is -3.09. The van der Waals surface area contributed by atoms with Gasteiger partial charge in [0.1, 0.15) is 4.91 Å². The van der Waals surface area contributed by atoms with E-state index in [2.05, 4.69) is 15.2 Å². The van der Waals surface area contributed by atoms with E-state index in [1.807, 2.05) is 54.6 Å². The van der Waals surface area contributed by atoms with Gasteiger partial charge in [-0.15, -0.1) is 5.10 Å². The Morgan fingerprint density at radius 3 is 2.57 bits per heavy atom. The van der Waals surface area contributed by atoms with Gasteiger partial charge in [0.25, 0.3) is 0 Å². The van der Waals surface area contributed by atoms with Crippen LogP contribution in [0.2, 0.25) is 5.02 Å². The zero-order valence-corrected chi connectivity index (χ0v) is 16.0. The number of carboxylic acid groups (broad SMARTS) is 1. The van der Waals surface area contributed by atoms with Gasteiger partial charge in [0.2, 0.25) is 5.16 Å². The molecule has 0 amide bonds. The highest BCUT2D eigenvalue weighted by Gasteiger charge is 2.15. The van der Waals surface area contributed by atoms with Gasteiger partial charge in [0, 0.05) is 10.6 Å². The number of nitrogens with one attached hydrogen (secondary N) is 1. The van der Waals surface area contributed by atoms with Crippen LogP contribution in [0.15, 0.2) is 76.8 Å². The summed E-state index contributed by atoms with van der Waals surface area (Å²) in [5.41, 5.74) is 1.65. The van der Waals surface area contributed by atoms with Gasteiger partial charge < -0.3 is 5.11 Å². The van der Waals surface area contributed by atoms with Crippen molar-refractivity contribution in [2.45, 2.75) is 5.16 Å². The van der Waals surface area contributed by atoms with E-state index in [-0.39, 0.29) is 4.91 Å². The summed E-state index contributed by atoms with van der Waals surface area (Å²) >= 11 is 6.90. The largest absolute Gasteiger partial charge is 0.477 e. The second kappa shape index (κ2) is 7.88. The third kappa shape index (κ3) is 3.93. The zero-order chi connectivity index (χ0) is 19.5. The Morgan fingerprint density at radius 2 is 1.79 bits per heavy atom. The van der Waals surface area contributed by atoms with Crippen LogP contribution in [0.3, 0.4) is 0 Å². The lowest BCUT2D eigenvalue weighted by Crippen LogP contribution is -1.97. The van der Waals surface area contributed by atoms with Crippen molar-refractivity contribution in [3.63, 3.8) is 0 Å². The van der Waals surface area contributed by atoms with Gasteiger partial charge in [-0.1, -0.05) is 54.1 Å². The van der Waals surface area contributed by atoms with Crippen LogP contribution in [-0.4, -0.2) is 26.3 Å². The maximum Gasteiger partial charge on any atom is 0.342 e. The number of carboxylic acids is 1. The minimum absolute atomic E-state index is 0.137. The molecular weight excluding hydrogens is 394 g/mol. The van der Waals surface area contributed by atoms with E-state index in [1.165, 1.54) is 0 Å². The summed E-state index contributed by atoms with van der Waals surface area (Å²) in [7, 11) is 0. The van der Waals surface area contributed by atoms with Gasteiger partial charge >= 0.3 is 5.97 Å². The molecule has 0 atom stereocenters. The van der Waals surface area contributed by atoms with E-state index < -0.39 is 5.97 Å². The van der Waals surface area contributed by atoms with Gasteiger partial charge in [-0.05, 0) is 58.4 Å². The number of aromatic amines is 1. The predicted octanol–water partition coefficient (Wildman–Crippen LogP) is 5.50. The van der Waals surface area contributed by atoms with E-state index in [4.69, 9.17) is 11.6 Å². The zero-order valence-electron chi connectivity index (χ0n) is 14.5.